The van der Waals surface area contributed by atoms with Gasteiger partial charge in [-0.2, -0.15) is 0 Å². The van der Waals surface area contributed by atoms with E-state index in [-0.39, 0.29) is 11.2 Å². The molecule has 3 aromatic carbocycles. The molecule has 33 heavy (non-hydrogen) atoms. The van der Waals surface area contributed by atoms with Gasteiger partial charge in [0.05, 0.1) is 18.2 Å². The quantitative estimate of drug-likeness (QED) is 0.206. The molecule has 0 spiro atoms. The van der Waals surface area contributed by atoms with Crippen LogP contribution in [-0.4, -0.2) is 24.8 Å². The maximum atomic E-state index is 12.4. The van der Waals surface area contributed by atoms with Crippen molar-refractivity contribution in [2.75, 3.05) is 7.11 Å². The van der Waals surface area contributed by atoms with Gasteiger partial charge in [0.15, 0.2) is 5.78 Å². The molecule has 0 amide bonds. The summed E-state index contributed by atoms with van der Waals surface area (Å²) >= 11 is 0. The molecule has 5 nitrogen and oxygen atoms in total. The van der Waals surface area contributed by atoms with Crippen LogP contribution in [0.1, 0.15) is 63.0 Å². The van der Waals surface area contributed by atoms with Crippen molar-refractivity contribution in [3.05, 3.63) is 107 Å². The van der Waals surface area contributed by atoms with Gasteiger partial charge in [-0.1, -0.05) is 51.1 Å². The topological polar surface area (TPSA) is 69.7 Å². The van der Waals surface area contributed by atoms with Gasteiger partial charge in [-0.15, -0.1) is 0 Å². The number of carbonyl (C=O) groups excluding carboxylic acids is 3. The molecule has 5 heteroatoms. The molecular weight excluding hydrogens is 416 g/mol. The molecule has 0 saturated heterocycles. The number of benzene rings is 3. The number of ether oxygens (including phenoxy) is 2. The Bertz CT molecular complexity index is 1160. The van der Waals surface area contributed by atoms with Crippen molar-refractivity contribution < 1.29 is 23.9 Å². The number of methoxy groups -OCH3 is 1. The molecule has 0 aliphatic rings. The minimum absolute atomic E-state index is 0.00571. The van der Waals surface area contributed by atoms with E-state index in [1.165, 1.54) is 13.2 Å². The number of hydrogen-bond donors (Lipinski definition) is 0. The molecule has 0 unspecified atom stereocenters. The van der Waals surface area contributed by atoms with Crippen molar-refractivity contribution in [3.63, 3.8) is 0 Å². The first-order valence-corrected chi connectivity index (χ1v) is 10.5. The van der Waals surface area contributed by atoms with E-state index in [4.69, 9.17) is 4.74 Å². The summed E-state index contributed by atoms with van der Waals surface area (Å²) in [6.07, 6.45) is 3.11. The fraction of sp³-hybridized carbons (Fsp3) is 0.179. The van der Waals surface area contributed by atoms with Crippen LogP contribution in [0.15, 0.2) is 78.9 Å². The van der Waals surface area contributed by atoms with E-state index in [1.54, 1.807) is 66.7 Å². The molecule has 0 aromatic heterocycles. The highest BCUT2D eigenvalue weighted by molar-refractivity contribution is 6.07. The van der Waals surface area contributed by atoms with Crippen molar-refractivity contribution >= 4 is 23.8 Å². The third-order valence-electron chi connectivity index (χ3n) is 5.09. The smallest absolute Gasteiger partial charge is 0.343 e. The Morgan fingerprint density at radius 3 is 1.76 bits per heavy atom. The highest BCUT2D eigenvalue weighted by Crippen LogP contribution is 2.23. The number of ketones is 1. The van der Waals surface area contributed by atoms with Crippen molar-refractivity contribution in [2.24, 2.45) is 0 Å². The normalized spacial score (nSPS) is 11.3. The fourth-order valence-electron chi connectivity index (χ4n) is 3.08. The Kier molecular flexibility index (Phi) is 7.23. The van der Waals surface area contributed by atoms with Crippen LogP contribution >= 0.6 is 0 Å². The first kappa shape index (κ1) is 23.7. The predicted molar refractivity (Wildman–Crippen MR) is 128 cm³/mol. The molecule has 3 aromatic rings. The first-order valence-electron chi connectivity index (χ1n) is 10.5. The number of rotatable bonds is 6. The summed E-state index contributed by atoms with van der Waals surface area (Å²) in [4.78, 5) is 36.3. The molecule has 0 bridgehead atoms. The van der Waals surface area contributed by atoms with Gasteiger partial charge in [0.2, 0.25) is 0 Å². The van der Waals surface area contributed by atoms with Crippen LogP contribution in [0, 0.1) is 0 Å². The second-order valence-electron chi connectivity index (χ2n) is 8.55. The van der Waals surface area contributed by atoms with Gasteiger partial charge < -0.3 is 9.47 Å². The summed E-state index contributed by atoms with van der Waals surface area (Å²) in [5, 5.41) is 0. The van der Waals surface area contributed by atoms with Gasteiger partial charge in [0.25, 0.3) is 0 Å². The Balaban J connectivity index is 1.61. The van der Waals surface area contributed by atoms with Crippen molar-refractivity contribution in [2.45, 2.75) is 26.2 Å². The van der Waals surface area contributed by atoms with Crippen LogP contribution in [0.2, 0.25) is 0 Å². The van der Waals surface area contributed by atoms with Crippen molar-refractivity contribution in [1.82, 2.24) is 0 Å². The van der Waals surface area contributed by atoms with E-state index in [0.717, 1.165) is 11.1 Å². The average Bonchev–Trinajstić information content (AvgIpc) is 2.82. The summed E-state index contributed by atoms with van der Waals surface area (Å²) in [7, 11) is 1.32. The highest BCUT2D eigenvalue weighted by Gasteiger charge is 2.15. The molecular formula is C28H26O5. The van der Waals surface area contributed by atoms with E-state index in [2.05, 4.69) is 25.5 Å². The maximum absolute atomic E-state index is 12.4. The zero-order valence-electron chi connectivity index (χ0n) is 19.1. The van der Waals surface area contributed by atoms with E-state index < -0.39 is 11.9 Å². The molecule has 0 N–H and O–H groups in total. The van der Waals surface area contributed by atoms with Crippen LogP contribution in [0.25, 0.3) is 6.08 Å². The van der Waals surface area contributed by atoms with Crippen molar-refractivity contribution in [1.29, 1.82) is 0 Å². The zero-order chi connectivity index (χ0) is 24.0. The van der Waals surface area contributed by atoms with Gasteiger partial charge in [-0.25, -0.2) is 9.59 Å². The third-order valence-corrected chi connectivity index (χ3v) is 5.09. The molecule has 0 heterocycles. The Morgan fingerprint density at radius 2 is 1.21 bits per heavy atom. The Hall–Kier alpha value is -3.99. The molecule has 0 aliphatic heterocycles. The van der Waals surface area contributed by atoms with Crippen molar-refractivity contribution in [3.8, 4) is 5.75 Å². The molecule has 168 valence electrons. The minimum atomic E-state index is -0.454. The molecule has 0 aliphatic carbocycles. The standard InChI is InChI=1S/C28H26O5/c1-28(2,3)23-14-10-22(11-15-23)27(31)33-24-16-12-20(13-17-24)25(29)18-7-19-5-8-21(9-6-19)26(30)32-4/h5-18H,1-4H3/b18-7+. The lowest BCUT2D eigenvalue weighted by Gasteiger charge is -2.18. The van der Waals surface area contributed by atoms with Gasteiger partial charge >= 0.3 is 11.9 Å². The highest BCUT2D eigenvalue weighted by atomic mass is 16.5. The van der Waals surface area contributed by atoms with E-state index in [9.17, 15) is 14.4 Å². The van der Waals surface area contributed by atoms with E-state index in [0.29, 0.717) is 22.4 Å². The summed E-state index contributed by atoms with van der Waals surface area (Å²) in [6, 6.07) is 20.5. The summed E-state index contributed by atoms with van der Waals surface area (Å²) in [6.45, 7) is 6.33. The Labute approximate surface area is 193 Å². The lowest BCUT2D eigenvalue weighted by atomic mass is 9.87. The van der Waals surface area contributed by atoms with Gasteiger partial charge in [0, 0.05) is 5.56 Å². The van der Waals surface area contributed by atoms with Gasteiger partial charge in [0.1, 0.15) is 5.75 Å². The van der Waals surface area contributed by atoms with Crippen LogP contribution in [0.3, 0.4) is 0 Å². The molecule has 0 fully saturated rings. The number of esters is 2. The first-order chi connectivity index (χ1) is 15.7. The molecule has 0 radical (unpaired) electrons. The number of allylic oxidation sites excluding steroid dienone is 1. The van der Waals surface area contributed by atoms with Crippen LogP contribution < -0.4 is 4.74 Å². The zero-order valence-corrected chi connectivity index (χ0v) is 19.1. The third kappa shape index (κ3) is 6.26. The Morgan fingerprint density at radius 1 is 0.697 bits per heavy atom. The van der Waals surface area contributed by atoms with Gasteiger partial charge in [-0.3, -0.25) is 4.79 Å². The van der Waals surface area contributed by atoms with E-state index >= 15 is 0 Å². The van der Waals surface area contributed by atoms with Crippen LogP contribution in [0.4, 0.5) is 0 Å². The summed E-state index contributed by atoms with van der Waals surface area (Å²) in [5.41, 5.74) is 3.28. The lowest BCUT2D eigenvalue weighted by Crippen LogP contribution is -2.13. The second kappa shape index (κ2) is 10.1. The van der Waals surface area contributed by atoms with E-state index in [1.807, 2.05) is 12.1 Å². The fourth-order valence-corrected chi connectivity index (χ4v) is 3.08. The largest absolute Gasteiger partial charge is 0.465 e. The van der Waals surface area contributed by atoms with Crippen LogP contribution in [0.5, 0.6) is 5.75 Å². The average molecular weight is 443 g/mol. The SMILES string of the molecule is COC(=O)c1ccc(/C=C/C(=O)c2ccc(OC(=O)c3ccc(C(C)(C)C)cc3)cc2)cc1. The lowest BCUT2D eigenvalue weighted by molar-refractivity contribution is 0.0600. The predicted octanol–water partition coefficient (Wildman–Crippen LogP) is 5.89. The van der Waals surface area contributed by atoms with Gasteiger partial charge in [-0.05, 0) is 71.1 Å². The molecule has 3 rings (SSSR count). The van der Waals surface area contributed by atoms with Crippen LogP contribution in [-0.2, 0) is 10.2 Å². The second-order valence-corrected chi connectivity index (χ2v) is 8.55. The monoisotopic (exact) mass is 442 g/mol. The molecule has 0 atom stereocenters. The summed E-state index contributed by atoms with van der Waals surface area (Å²) < 4.78 is 10.1. The molecule has 0 saturated carbocycles. The summed E-state index contributed by atoms with van der Waals surface area (Å²) in [5.74, 6) is -0.698. The maximum Gasteiger partial charge on any atom is 0.343 e. The minimum Gasteiger partial charge on any atom is -0.465 e. The number of carbonyl (C=O) groups is 3. The number of hydrogen-bond acceptors (Lipinski definition) is 5.